The van der Waals surface area contributed by atoms with Crippen molar-refractivity contribution in [2.45, 2.75) is 20.1 Å². The smallest absolute Gasteiger partial charge is 0.271 e. The third kappa shape index (κ3) is 2.90. The van der Waals surface area contributed by atoms with E-state index in [4.69, 9.17) is 16.3 Å². The topological polar surface area (TPSA) is 70.2 Å². The first-order chi connectivity index (χ1) is 11.5. The molecule has 0 unspecified atom stereocenters. The number of para-hydroxylation sites is 1. The monoisotopic (exact) mass is 349 g/mol. The molecule has 0 N–H and O–H groups in total. The third-order valence-corrected chi connectivity index (χ3v) is 3.90. The molecule has 124 valence electrons. The van der Waals surface area contributed by atoms with Gasteiger partial charge in [-0.15, -0.1) is 0 Å². The molecule has 0 radical (unpaired) electrons. The van der Waals surface area contributed by atoms with Gasteiger partial charge in [-0.25, -0.2) is 9.37 Å². The Hall–Kier alpha value is -2.67. The number of aromatic nitrogens is 2. The van der Waals surface area contributed by atoms with Crippen LogP contribution < -0.4 is 4.74 Å². The van der Waals surface area contributed by atoms with Crippen LogP contribution in [-0.2, 0) is 13.2 Å². The molecule has 0 amide bonds. The van der Waals surface area contributed by atoms with Crippen molar-refractivity contribution in [3.05, 3.63) is 63.2 Å². The van der Waals surface area contributed by atoms with Crippen molar-refractivity contribution < 1.29 is 14.1 Å². The average Bonchev–Trinajstić information content (AvgIpc) is 2.92. The number of fused-ring (bicyclic) bond motifs is 1. The minimum Gasteiger partial charge on any atom is -0.484 e. The lowest BCUT2D eigenvalue weighted by Gasteiger charge is -2.09. The Bertz CT molecular complexity index is 926. The van der Waals surface area contributed by atoms with Gasteiger partial charge in [0.1, 0.15) is 23.7 Å². The van der Waals surface area contributed by atoms with Gasteiger partial charge in [-0.1, -0.05) is 17.7 Å². The van der Waals surface area contributed by atoms with Gasteiger partial charge in [0.15, 0.2) is 5.82 Å². The fourth-order valence-corrected chi connectivity index (χ4v) is 2.72. The number of hydrogen-bond donors (Lipinski definition) is 0. The van der Waals surface area contributed by atoms with Crippen molar-refractivity contribution >= 4 is 28.3 Å². The minimum atomic E-state index is -0.533. The van der Waals surface area contributed by atoms with E-state index in [1.165, 1.54) is 24.3 Å². The van der Waals surface area contributed by atoms with Crippen LogP contribution in [0.5, 0.6) is 5.75 Å². The summed E-state index contributed by atoms with van der Waals surface area (Å²) < 4.78 is 21.3. The molecule has 3 aromatic rings. The first kappa shape index (κ1) is 16.2. The first-order valence-corrected chi connectivity index (χ1v) is 7.59. The number of nitro groups is 1. The summed E-state index contributed by atoms with van der Waals surface area (Å²) in [6.45, 7) is 2.60. The van der Waals surface area contributed by atoms with Crippen molar-refractivity contribution in [2.75, 3.05) is 0 Å². The number of aryl methyl sites for hydroxylation is 1. The number of rotatable bonds is 5. The van der Waals surface area contributed by atoms with E-state index in [2.05, 4.69) is 4.98 Å². The second-order valence-corrected chi connectivity index (χ2v) is 5.45. The Morgan fingerprint density at radius 3 is 2.83 bits per heavy atom. The van der Waals surface area contributed by atoms with Crippen molar-refractivity contribution in [3.8, 4) is 5.75 Å². The number of hydrogen-bond acceptors (Lipinski definition) is 4. The predicted octanol–water partition coefficient (Wildman–Crippen LogP) is 4.34. The van der Waals surface area contributed by atoms with Crippen LogP contribution >= 0.6 is 11.6 Å². The zero-order chi connectivity index (χ0) is 17.3. The molecule has 0 saturated carbocycles. The van der Waals surface area contributed by atoms with Crippen molar-refractivity contribution in [3.63, 3.8) is 0 Å². The second-order valence-electron chi connectivity index (χ2n) is 5.04. The average molecular weight is 350 g/mol. The van der Waals surface area contributed by atoms with Crippen LogP contribution in [0.25, 0.3) is 11.0 Å². The van der Waals surface area contributed by atoms with Crippen LogP contribution in [0, 0.1) is 15.9 Å². The maximum Gasteiger partial charge on any atom is 0.271 e. The molecule has 0 spiro atoms. The molecule has 24 heavy (non-hydrogen) atoms. The molecular weight excluding hydrogens is 337 g/mol. The van der Waals surface area contributed by atoms with Crippen LogP contribution in [-0.4, -0.2) is 14.5 Å². The largest absolute Gasteiger partial charge is 0.484 e. The van der Waals surface area contributed by atoms with Gasteiger partial charge in [0, 0.05) is 18.7 Å². The predicted molar refractivity (Wildman–Crippen MR) is 87.8 cm³/mol. The van der Waals surface area contributed by atoms with Crippen LogP contribution in [0.4, 0.5) is 10.1 Å². The van der Waals surface area contributed by atoms with Gasteiger partial charge in [-0.2, -0.15) is 0 Å². The van der Waals surface area contributed by atoms with Crippen LogP contribution in [0.1, 0.15) is 12.7 Å². The SMILES string of the molecule is CCn1c(COc2ccc([N+](=O)[O-])cc2Cl)nc2c(F)cccc21. The van der Waals surface area contributed by atoms with E-state index in [0.717, 1.165) is 0 Å². The van der Waals surface area contributed by atoms with Crippen LogP contribution in [0.3, 0.4) is 0 Å². The number of halogens is 2. The molecule has 6 nitrogen and oxygen atoms in total. The zero-order valence-corrected chi connectivity index (χ0v) is 13.5. The third-order valence-electron chi connectivity index (χ3n) is 3.61. The minimum absolute atomic E-state index is 0.0689. The lowest BCUT2D eigenvalue weighted by atomic mass is 10.3. The Morgan fingerprint density at radius 1 is 1.38 bits per heavy atom. The van der Waals surface area contributed by atoms with Gasteiger partial charge in [-0.05, 0) is 25.1 Å². The van der Waals surface area contributed by atoms with E-state index in [-0.39, 0.29) is 22.8 Å². The molecule has 0 saturated heterocycles. The van der Waals surface area contributed by atoms with Gasteiger partial charge in [-0.3, -0.25) is 10.1 Å². The second kappa shape index (κ2) is 6.45. The quantitative estimate of drug-likeness (QED) is 0.507. The summed E-state index contributed by atoms with van der Waals surface area (Å²) in [5.74, 6) is 0.457. The van der Waals surface area contributed by atoms with Gasteiger partial charge in [0.2, 0.25) is 0 Å². The first-order valence-electron chi connectivity index (χ1n) is 7.21. The number of ether oxygens (including phenoxy) is 1. The number of nitro benzene ring substituents is 1. The molecule has 3 rings (SSSR count). The summed E-state index contributed by atoms with van der Waals surface area (Å²) in [6, 6.07) is 8.73. The summed E-state index contributed by atoms with van der Waals surface area (Å²) in [7, 11) is 0. The maximum absolute atomic E-state index is 13.9. The molecule has 0 bridgehead atoms. The van der Waals surface area contributed by atoms with Crippen molar-refractivity contribution in [1.29, 1.82) is 0 Å². The normalized spacial score (nSPS) is 11.0. The van der Waals surface area contributed by atoms with E-state index >= 15 is 0 Å². The standard InChI is InChI=1S/C16H13ClFN3O3/c1-2-20-13-5-3-4-12(18)16(13)19-15(20)9-24-14-7-6-10(21(22)23)8-11(14)17/h3-8H,2,9H2,1H3. The molecule has 1 aromatic heterocycles. The maximum atomic E-state index is 13.9. The molecule has 2 aromatic carbocycles. The number of benzene rings is 2. The molecule has 0 aliphatic heterocycles. The lowest BCUT2D eigenvalue weighted by molar-refractivity contribution is -0.384. The van der Waals surface area contributed by atoms with E-state index in [1.54, 1.807) is 12.1 Å². The summed E-state index contributed by atoms with van der Waals surface area (Å²) in [5.41, 5.74) is 0.855. The Kier molecular flexibility index (Phi) is 4.35. The molecular formula is C16H13ClFN3O3. The Morgan fingerprint density at radius 2 is 2.17 bits per heavy atom. The van der Waals surface area contributed by atoms with E-state index in [9.17, 15) is 14.5 Å². The van der Waals surface area contributed by atoms with Crippen LogP contribution in [0.15, 0.2) is 36.4 Å². The van der Waals surface area contributed by atoms with E-state index < -0.39 is 10.7 Å². The fraction of sp³-hybridized carbons (Fsp3) is 0.188. The molecule has 0 aliphatic carbocycles. The van der Waals surface area contributed by atoms with Gasteiger partial charge < -0.3 is 9.30 Å². The highest BCUT2D eigenvalue weighted by atomic mass is 35.5. The molecule has 0 aliphatic rings. The van der Waals surface area contributed by atoms with Crippen LogP contribution in [0.2, 0.25) is 5.02 Å². The molecule has 1 heterocycles. The van der Waals surface area contributed by atoms with Gasteiger partial charge in [0.25, 0.3) is 5.69 Å². The molecule has 8 heteroatoms. The summed E-state index contributed by atoms with van der Waals surface area (Å²) in [4.78, 5) is 14.5. The Labute approximate surface area is 141 Å². The zero-order valence-electron chi connectivity index (χ0n) is 12.7. The summed E-state index contributed by atoms with van der Waals surface area (Å²) >= 11 is 6.00. The fourth-order valence-electron chi connectivity index (χ4n) is 2.49. The molecule has 0 atom stereocenters. The highest BCUT2D eigenvalue weighted by Crippen LogP contribution is 2.29. The highest BCUT2D eigenvalue weighted by molar-refractivity contribution is 6.32. The number of nitrogens with zero attached hydrogens (tertiary/aromatic N) is 3. The van der Waals surface area contributed by atoms with E-state index in [1.807, 2.05) is 11.5 Å². The van der Waals surface area contributed by atoms with Crippen molar-refractivity contribution in [2.24, 2.45) is 0 Å². The van der Waals surface area contributed by atoms with E-state index in [0.29, 0.717) is 23.6 Å². The Balaban J connectivity index is 1.88. The highest BCUT2D eigenvalue weighted by Gasteiger charge is 2.15. The summed E-state index contributed by atoms with van der Waals surface area (Å²) in [5, 5.41) is 10.8. The summed E-state index contributed by atoms with van der Waals surface area (Å²) in [6.07, 6.45) is 0. The van der Waals surface area contributed by atoms with Crippen molar-refractivity contribution in [1.82, 2.24) is 9.55 Å². The van der Waals surface area contributed by atoms with Gasteiger partial charge in [0.05, 0.1) is 15.5 Å². The number of non-ortho nitro benzene ring substituents is 1. The lowest BCUT2D eigenvalue weighted by Crippen LogP contribution is -2.06. The number of imidazole rings is 1. The molecule has 0 fully saturated rings. The van der Waals surface area contributed by atoms with Gasteiger partial charge >= 0.3 is 0 Å².